The average Bonchev–Trinajstić information content (AvgIpc) is 1.94. The molecule has 2 aliphatic heterocycles. The van der Waals surface area contributed by atoms with Crippen molar-refractivity contribution in [3.63, 3.8) is 0 Å². The van der Waals surface area contributed by atoms with Crippen molar-refractivity contribution >= 4 is 0 Å². The summed E-state index contributed by atoms with van der Waals surface area (Å²) in [5.74, 6) is 0. The number of hydrogen-bond donors (Lipinski definition) is 0. The van der Waals surface area contributed by atoms with Crippen LogP contribution < -0.4 is 0 Å². The van der Waals surface area contributed by atoms with Gasteiger partial charge in [-0.15, -0.1) is 0 Å². The molecule has 0 aromatic heterocycles. The lowest BCUT2D eigenvalue weighted by Crippen LogP contribution is -2.58. The molecule has 0 aliphatic carbocycles. The van der Waals surface area contributed by atoms with Gasteiger partial charge < -0.3 is 4.48 Å². The van der Waals surface area contributed by atoms with Crippen molar-refractivity contribution in [2.75, 3.05) is 20.1 Å². The molecule has 2 saturated heterocycles. The van der Waals surface area contributed by atoms with E-state index in [1.54, 1.807) is 0 Å². The van der Waals surface area contributed by atoms with Crippen molar-refractivity contribution in [2.45, 2.75) is 25.3 Å². The van der Waals surface area contributed by atoms with E-state index in [9.17, 15) is 0 Å². The Morgan fingerprint density at radius 1 is 1.25 bits per heavy atom. The van der Waals surface area contributed by atoms with Crippen LogP contribution in [0.5, 0.6) is 0 Å². The van der Waals surface area contributed by atoms with Gasteiger partial charge in [0, 0.05) is 19.3 Å². The van der Waals surface area contributed by atoms with E-state index in [1.165, 1.54) is 36.8 Å². The Bertz CT molecular complexity index is 111. The molecule has 2 aliphatic rings. The maximum Gasteiger partial charge on any atom is 0.0944 e. The summed E-state index contributed by atoms with van der Waals surface area (Å²) in [4.78, 5) is 0. The zero-order valence-corrected chi connectivity index (χ0v) is 5.56. The van der Waals surface area contributed by atoms with E-state index in [1.807, 2.05) is 0 Å². The first kappa shape index (κ1) is 4.80. The quantitative estimate of drug-likeness (QED) is 0.410. The highest BCUT2D eigenvalue weighted by molar-refractivity contribution is 4.74. The molecule has 8 heavy (non-hydrogen) atoms. The highest BCUT2D eigenvalue weighted by Gasteiger charge is 2.45. The fourth-order valence-corrected chi connectivity index (χ4v) is 2.19. The zero-order chi connectivity index (χ0) is 5.61. The molecular weight excluding hydrogens is 98.1 g/mol. The van der Waals surface area contributed by atoms with E-state index < -0.39 is 0 Å². The van der Waals surface area contributed by atoms with Crippen molar-refractivity contribution in [2.24, 2.45) is 0 Å². The third-order valence-corrected chi connectivity index (χ3v) is 3.06. The summed E-state index contributed by atoms with van der Waals surface area (Å²) in [5, 5.41) is 0. The van der Waals surface area contributed by atoms with Gasteiger partial charge in [0.15, 0.2) is 0 Å². The maximum atomic E-state index is 2.40. The van der Waals surface area contributed by atoms with E-state index in [4.69, 9.17) is 0 Å². The van der Waals surface area contributed by atoms with Gasteiger partial charge in [-0.3, -0.25) is 0 Å². The summed E-state index contributed by atoms with van der Waals surface area (Å²) in [5.41, 5.74) is 0. The molecule has 1 unspecified atom stereocenters. The monoisotopic (exact) mass is 112 g/mol. The third kappa shape index (κ3) is 0.408. The van der Waals surface area contributed by atoms with Crippen LogP contribution in [0, 0.1) is 0 Å². The van der Waals surface area contributed by atoms with Crippen LogP contribution >= 0.6 is 0 Å². The first-order chi connectivity index (χ1) is 3.81. The van der Waals surface area contributed by atoms with E-state index in [0.29, 0.717) is 0 Å². The molecule has 2 atom stereocenters. The molecular formula is C7H14N+. The van der Waals surface area contributed by atoms with Gasteiger partial charge in [-0.25, -0.2) is 0 Å². The predicted octanol–water partition coefficient (Wildman–Crippen LogP) is 0.999. The zero-order valence-electron chi connectivity index (χ0n) is 5.56. The largest absolute Gasteiger partial charge is 0.323 e. The Morgan fingerprint density at radius 2 is 2.12 bits per heavy atom. The molecule has 2 fully saturated rings. The minimum atomic E-state index is 1.08. The highest BCUT2D eigenvalue weighted by atomic mass is 15.4. The van der Waals surface area contributed by atoms with Crippen molar-refractivity contribution in [3.05, 3.63) is 0 Å². The smallest absolute Gasteiger partial charge is 0.0944 e. The molecule has 0 N–H and O–H groups in total. The normalized spacial score (nSPS) is 52.9. The number of hydrogen-bond acceptors (Lipinski definition) is 0. The van der Waals surface area contributed by atoms with Crippen LogP contribution in [0.3, 0.4) is 0 Å². The van der Waals surface area contributed by atoms with Crippen LogP contribution in [0.1, 0.15) is 19.3 Å². The Morgan fingerprint density at radius 3 is 2.38 bits per heavy atom. The molecule has 0 bridgehead atoms. The van der Waals surface area contributed by atoms with Crippen LogP contribution in [0.2, 0.25) is 0 Å². The van der Waals surface area contributed by atoms with Crippen LogP contribution in [-0.4, -0.2) is 30.7 Å². The van der Waals surface area contributed by atoms with E-state index in [-0.39, 0.29) is 0 Å². The Labute approximate surface area is 50.9 Å². The van der Waals surface area contributed by atoms with Crippen molar-refractivity contribution in [3.8, 4) is 0 Å². The van der Waals surface area contributed by atoms with Gasteiger partial charge in [-0.05, 0) is 0 Å². The first-order valence-corrected chi connectivity index (χ1v) is 3.65. The first-order valence-electron chi connectivity index (χ1n) is 3.65. The SMILES string of the molecule is C[N+]12CCC[C@H]1CC2. The van der Waals surface area contributed by atoms with Gasteiger partial charge in [0.25, 0.3) is 0 Å². The maximum absolute atomic E-state index is 2.40. The molecule has 46 valence electrons. The number of fused-ring (bicyclic) bond motifs is 1. The molecule has 1 heteroatoms. The van der Waals surface area contributed by atoms with Gasteiger partial charge in [0.2, 0.25) is 0 Å². The summed E-state index contributed by atoms with van der Waals surface area (Å²) >= 11 is 0. The van der Waals surface area contributed by atoms with Crippen LogP contribution in [-0.2, 0) is 0 Å². The topological polar surface area (TPSA) is 0 Å². The van der Waals surface area contributed by atoms with Crippen LogP contribution in [0.25, 0.3) is 0 Å². The van der Waals surface area contributed by atoms with Gasteiger partial charge in [0.1, 0.15) is 0 Å². The molecule has 0 aromatic carbocycles. The van der Waals surface area contributed by atoms with E-state index >= 15 is 0 Å². The number of rotatable bonds is 0. The molecule has 0 aromatic rings. The standard InChI is InChI=1S/C7H14N/c1-8-5-2-3-7(8)4-6-8/h7H,2-6H2,1H3/q+1/t7-,8?/m0/s1. The second-order valence-electron chi connectivity index (χ2n) is 3.51. The molecule has 0 saturated carbocycles. The predicted molar refractivity (Wildman–Crippen MR) is 33.6 cm³/mol. The minimum Gasteiger partial charge on any atom is -0.323 e. The highest BCUT2D eigenvalue weighted by Crippen LogP contribution is 2.35. The van der Waals surface area contributed by atoms with Crippen molar-refractivity contribution in [1.82, 2.24) is 0 Å². The van der Waals surface area contributed by atoms with E-state index in [2.05, 4.69) is 7.05 Å². The Kier molecular flexibility index (Phi) is 0.762. The van der Waals surface area contributed by atoms with Gasteiger partial charge in [-0.1, -0.05) is 0 Å². The average molecular weight is 112 g/mol. The second kappa shape index (κ2) is 1.27. The Balaban J connectivity index is 2.14. The summed E-state index contributed by atoms with van der Waals surface area (Å²) in [7, 11) is 2.40. The number of quaternary nitrogens is 1. The minimum absolute atomic E-state index is 1.08. The molecule has 2 heterocycles. The summed E-state index contributed by atoms with van der Waals surface area (Å²) in [6.45, 7) is 2.93. The summed E-state index contributed by atoms with van der Waals surface area (Å²) in [6, 6.07) is 1.08. The van der Waals surface area contributed by atoms with Gasteiger partial charge in [0.05, 0.1) is 26.2 Å². The van der Waals surface area contributed by atoms with Gasteiger partial charge >= 0.3 is 0 Å². The Hall–Kier alpha value is -0.0400. The fraction of sp³-hybridized carbons (Fsp3) is 1.00. The number of nitrogens with zero attached hydrogens (tertiary/aromatic N) is 1. The lowest BCUT2D eigenvalue weighted by molar-refractivity contribution is -0.960. The molecule has 2 rings (SSSR count). The second-order valence-corrected chi connectivity index (χ2v) is 3.51. The van der Waals surface area contributed by atoms with Gasteiger partial charge in [-0.2, -0.15) is 0 Å². The van der Waals surface area contributed by atoms with Crippen molar-refractivity contribution < 1.29 is 4.48 Å². The summed E-state index contributed by atoms with van der Waals surface area (Å²) < 4.78 is 1.42. The van der Waals surface area contributed by atoms with E-state index in [0.717, 1.165) is 6.04 Å². The molecule has 1 nitrogen and oxygen atoms in total. The van der Waals surface area contributed by atoms with Crippen LogP contribution in [0.15, 0.2) is 0 Å². The lowest BCUT2D eigenvalue weighted by atomic mass is 10.0. The molecule has 0 spiro atoms. The third-order valence-electron chi connectivity index (χ3n) is 3.06. The molecule has 0 radical (unpaired) electrons. The van der Waals surface area contributed by atoms with Crippen molar-refractivity contribution in [1.29, 1.82) is 0 Å². The fourth-order valence-electron chi connectivity index (χ4n) is 2.19. The lowest BCUT2D eigenvalue weighted by Gasteiger charge is -2.44. The summed E-state index contributed by atoms with van der Waals surface area (Å²) in [6.07, 6.45) is 4.51. The van der Waals surface area contributed by atoms with Crippen LogP contribution in [0.4, 0.5) is 0 Å². The molecule has 0 amide bonds.